The molecule has 1 N–H and O–H groups in total. The summed E-state index contributed by atoms with van der Waals surface area (Å²) in [4.78, 5) is 22.7. The highest BCUT2D eigenvalue weighted by Crippen LogP contribution is 2.24. The molecular formula is C18H22N6O. The van der Waals surface area contributed by atoms with E-state index in [2.05, 4.69) is 30.8 Å². The van der Waals surface area contributed by atoms with Crippen molar-refractivity contribution in [2.75, 3.05) is 44.2 Å². The molecule has 0 aromatic carbocycles. The number of aliphatic imine (C=N–C) groups is 1. The molecule has 0 aliphatic carbocycles. The zero-order valence-electron chi connectivity index (χ0n) is 14.4. The molecule has 7 nitrogen and oxygen atoms in total. The monoisotopic (exact) mass is 338 g/mol. The Labute approximate surface area is 147 Å². The van der Waals surface area contributed by atoms with Gasteiger partial charge in [0.2, 0.25) is 0 Å². The molecule has 2 aromatic heterocycles. The molecule has 2 aromatic rings. The third-order valence-corrected chi connectivity index (χ3v) is 4.86. The van der Waals surface area contributed by atoms with E-state index >= 15 is 0 Å². The summed E-state index contributed by atoms with van der Waals surface area (Å²) in [5.74, 6) is 0.895. The Morgan fingerprint density at radius 3 is 2.76 bits per heavy atom. The van der Waals surface area contributed by atoms with Crippen LogP contribution in [0.25, 0.3) is 11.3 Å². The van der Waals surface area contributed by atoms with E-state index in [9.17, 15) is 0 Å². The molecule has 0 bridgehead atoms. The van der Waals surface area contributed by atoms with Gasteiger partial charge in [0, 0.05) is 55.8 Å². The lowest BCUT2D eigenvalue weighted by atomic mass is 10.1. The summed E-state index contributed by atoms with van der Waals surface area (Å²) >= 11 is 0. The van der Waals surface area contributed by atoms with E-state index in [1.54, 1.807) is 6.20 Å². The highest BCUT2D eigenvalue weighted by atomic mass is 16.3. The molecule has 0 radical (unpaired) electrons. The third kappa shape index (κ3) is 3.25. The third-order valence-electron chi connectivity index (χ3n) is 4.86. The minimum atomic E-state index is 0.212. The largest absolute Gasteiger partial charge is 0.395 e. The molecule has 0 saturated carbocycles. The van der Waals surface area contributed by atoms with Crippen molar-refractivity contribution in [2.24, 2.45) is 4.99 Å². The van der Waals surface area contributed by atoms with Crippen molar-refractivity contribution in [1.29, 1.82) is 0 Å². The van der Waals surface area contributed by atoms with Gasteiger partial charge >= 0.3 is 0 Å². The number of pyridine rings is 1. The molecule has 0 unspecified atom stereocenters. The number of hydrogen-bond acceptors (Lipinski definition) is 7. The highest BCUT2D eigenvalue weighted by Gasteiger charge is 2.19. The molecule has 1 fully saturated rings. The van der Waals surface area contributed by atoms with Crippen molar-refractivity contribution >= 4 is 11.5 Å². The molecule has 2 aliphatic heterocycles. The summed E-state index contributed by atoms with van der Waals surface area (Å²) in [6.07, 6.45) is 5.47. The van der Waals surface area contributed by atoms with Crippen molar-refractivity contribution in [3.63, 3.8) is 0 Å². The van der Waals surface area contributed by atoms with E-state index in [-0.39, 0.29) is 6.61 Å². The van der Waals surface area contributed by atoms with E-state index < -0.39 is 0 Å². The van der Waals surface area contributed by atoms with Gasteiger partial charge < -0.3 is 10.0 Å². The highest BCUT2D eigenvalue weighted by molar-refractivity contribution is 6.02. The topological polar surface area (TPSA) is 77.7 Å². The van der Waals surface area contributed by atoms with Gasteiger partial charge in [-0.2, -0.15) is 0 Å². The second-order valence-corrected chi connectivity index (χ2v) is 6.43. The van der Waals surface area contributed by atoms with Gasteiger partial charge in [-0.3, -0.25) is 19.9 Å². The first kappa shape index (κ1) is 16.1. The minimum Gasteiger partial charge on any atom is -0.395 e. The maximum absolute atomic E-state index is 9.06. The lowest BCUT2D eigenvalue weighted by molar-refractivity contribution is 0.188. The van der Waals surface area contributed by atoms with Gasteiger partial charge in [-0.25, -0.2) is 4.98 Å². The number of hydrogen-bond donors (Lipinski definition) is 1. The number of aliphatic hydroxyl groups excluding tert-OH is 1. The molecule has 0 atom stereocenters. The Balaban J connectivity index is 1.55. The summed E-state index contributed by atoms with van der Waals surface area (Å²) in [5.41, 5.74) is 5.00. The average molecular weight is 338 g/mol. The van der Waals surface area contributed by atoms with Crippen molar-refractivity contribution < 1.29 is 5.11 Å². The Morgan fingerprint density at radius 2 is 1.96 bits per heavy atom. The lowest BCUT2D eigenvalue weighted by Crippen LogP contribution is -2.47. The molecule has 25 heavy (non-hydrogen) atoms. The Bertz CT molecular complexity index is 798. The molecule has 7 heteroatoms. The van der Waals surface area contributed by atoms with Gasteiger partial charge in [0.1, 0.15) is 5.82 Å². The van der Waals surface area contributed by atoms with Crippen molar-refractivity contribution in [3.05, 3.63) is 35.9 Å². The van der Waals surface area contributed by atoms with E-state index in [4.69, 9.17) is 10.1 Å². The second-order valence-electron chi connectivity index (χ2n) is 6.43. The molecule has 0 amide bonds. The fourth-order valence-corrected chi connectivity index (χ4v) is 3.34. The molecule has 2 aliphatic rings. The Morgan fingerprint density at radius 1 is 1.12 bits per heavy atom. The lowest BCUT2D eigenvalue weighted by Gasteiger charge is -2.34. The molecule has 4 heterocycles. The number of rotatable bonds is 4. The van der Waals surface area contributed by atoms with E-state index in [0.717, 1.165) is 66.8 Å². The van der Waals surface area contributed by atoms with Crippen LogP contribution in [0.2, 0.25) is 0 Å². The van der Waals surface area contributed by atoms with Crippen LogP contribution in [0.1, 0.15) is 18.2 Å². The molecular weight excluding hydrogens is 316 g/mol. The van der Waals surface area contributed by atoms with Crippen LogP contribution in [0.4, 0.5) is 5.82 Å². The molecule has 130 valence electrons. The van der Waals surface area contributed by atoms with Gasteiger partial charge in [-0.1, -0.05) is 0 Å². The van der Waals surface area contributed by atoms with Crippen LogP contribution in [0.3, 0.4) is 0 Å². The fraction of sp³-hybridized carbons (Fsp3) is 0.444. The van der Waals surface area contributed by atoms with Crippen LogP contribution in [0, 0.1) is 0 Å². The zero-order valence-corrected chi connectivity index (χ0v) is 14.4. The van der Waals surface area contributed by atoms with Crippen LogP contribution in [0.5, 0.6) is 0 Å². The van der Waals surface area contributed by atoms with Crippen LogP contribution in [0.15, 0.2) is 29.6 Å². The fourth-order valence-electron chi connectivity index (χ4n) is 3.34. The maximum atomic E-state index is 9.06. The summed E-state index contributed by atoms with van der Waals surface area (Å²) < 4.78 is 0. The van der Waals surface area contributed by atoms with E-state index in [1.807, 2.05) is 19.3 Å². The van der Waals surface area contributed by atoms with Gasteiger partial charge in [-0.05, 0) is 13.0 Å². The van der Waals surface area contributed by atoms with Crippen molar-refractivity contribution in [3.8, 4) is 11.3 Å². The first-order valence-corrected chi connectivity index (χ1v) is 8.65. The van der Waals surface area contributed by atoms with E-state index in [0.29, 0.717) is 6.54 Å². The van der Waals surface area contributed by atoms with Gasteiger partial charge in [0.15, 0.2) is 0 Å². The average Bonchev–Trinajstić information content (AvgIpc) is 3.03. The van der Waals surface area contributed by atoms with Gasteiger partial charge in [0.05, 0.1) is 36.9 Å². The first-order valence-electron chi connectivity index (χ1n) is 8.65. The zero-order chi connectivity index (χ0) is 17.2. The van der Waals surface area contributed by atoms with Gasteiger partial charge in [-0.15, -0.1) is 0 Å². The predicted molar refractivity (Wildman–Crippen MR) is 96.9 cm³/mol. The van der Waals surface area contributed by atoms with Gasteiger partial charge in [0.25, 0.3) is 0 Å². The quantitative estimate of drug-likeness (QED) is 0.895. The normalized spacial score (nSPS) is 17.5. The maximum Gasteiger partial charge on any atom is 0.147 e. The number of nitrogens with zero attached hydrogens (tertiary/aromatic N) is 6. The van der Waals surface area contributed by atoms with Crippen molar-refractivity contribution in [1.82, 2.24) is 19.9 Å². The molecule has 4 rings (SSSR count). The summed E-state index contributed by atoms with van der Waals surface area (Å²) in [5, 5.41) is 9.06. The van der Waals surface area contributed by atoms with Crippen LogP contribution >= 0.6 is 0 Å². The Kier molecular flexibility index (Phi) is 4.42. The smallest absolute Gasteiger partial charge is 0.147 e. The minimum absolute atomic E-state index is 0.212. The molecule has 1 saturated heterocycles. The predicted octanol–water partition coefficient (Wildman–Crippen LogP) is 0.975. The number of fused-ring (bicyclic) bond motifs is 1. The Hall–Kier alpha value is -2.38. The number of aromatic nitrogens is 3. The standard InChI is InChI=1S/C18H22N6O/c1-13-15-8-14(9-21-17(15)11-20-13)16-10-19-12-18(22-16)24-4-2-23(3-5-24)6-7-25/h8-10,12,25H,2-7,11H2,1H3. The SMILES string of the molecule is CC1=NCc2ncc(-c3cncc(N4CCN(CCO)CC4)n3)cc21. The number of β-amino-alcohol motifs (C(OH)–C–C–N with tert-alkyl or cyclic N) is 1. The molecule has 0 spiro atoms. The van der Waals surface area contributed by atoms with Crippen LogP contribution < -0.4 is 4.90 Å². The van der Waals surface area contributed by atoms with Crippen LogP contribution in [-0.2, 0) is 6.54 Å². The summed E-state index contributed by atoms with van der Waals surface area (Å²) in [7, 11) is 0. The summed E-state index contributed by atoms with van der Waals surface area (Å²) in [6, 6.07) is 2.11. The van der Waals surface area contributed by atoms with E-state index in [1.165, 1.54) is 0 Å². The number of aliphatic hydroxyl groups is 1. The number of piperazine rings is 1. The first-order chi connectivity index (χ1) is 12.2. The second kappa shape index (κ2) is 6.85. The number of anilines is 1. The summed E-state index contributed by atoms with van der Waals surface area (Å²) in [6.45, 7) is 7.30. The van der Waals surface area contributed by atoms with Crippen molar-refractivity contribution in [2.45, 2.75) is 13.5 Å². The van der Waals surface area contributed by atoms with Crippen LogP contribution in [-0.4, -0.2) is 70.0 Å².